The maximum Gasteiger partial charge on any atom is 0.276 e. The van der Waals surface area contributed by atoms with E-state index in [9.17, 15) is 19.1 Å². The van der Waals surface area contributed by atoms with E-state index in [1.807, 2.05) is 6.07 Å². The van der Waals surface area contributed by atoms with E-state index in [-0.39, 0.29) is 29.2 Å². The first-order valence-electron chi connectivity index (χ1n) is 12.9. The van der Waals surface area contributed by atoms with Gasteiger partial charge in [0, 0.05) is 49.4 Å². The third kappa shape index (κ3) is 4.30. The topological polar surface area (TPSA) is 105 Å². The van der Waals surface area contributed by atoms with Crippen molar-refractivity contribution in [3.8, 4) is 11.1 Å². The number of aromatic nitrogens is 4. The first-order chi connectivity index (χ1) is 18.6. The standard InChI is InChI=1S/C29H29FN6O3/c1-29(2)12-17-11-23-28(39)36(9-8-35(23)24(17)13-29)26-21(16-37)20(6-7-31-26)18-10-22(27(38)34(3)15-18)33-25-5-4-19(30)14-32-25/h4-7,10-11,14-15,37H,8-9,12-13,16H2,1-3H3,(H,32,33). The number of aliphatic hydroxyl groups excluding tert-OH is 1. The number of carbonyl (C=O) groups is 1. The summed E-state index contributed by atoms with van der Waals surface area (Å²) in [6.07, 6.45) is 6.23. The highest BCUT2D eigenvalue weighted by Gasteiger charge is 2.37. The molecule has 0 atom stereocenters. The molecule has 2 N–H and O–H groups in total. The van der Waals surface area contributed by atoms with E-state index in [1.165, 1.54) is 28.0 Å². The third-order valence-corrected chi connectivity index (χ3v) is 7.56. The van der Waals surface area contributed by atoms with E-state index in [2.05, 4.69) is 33.7 Å². The molecule has 39 heavy (non-hydrogen) atoms. The number of hydrogen-bond acceptors (Lipinski definition) is 6. The molecule has 6 rings (SSSR count). The monoisotopic (exact) mass is 528 g/mol. The average molecular weight is 529 g/mol. The van der Waals surface area contributed by atoms with Gasteiger partial charge >= 0.3 is 0 Å². The van der Waals surface area contributed by atoms with Gasteiger partial charge in [-0.2, -0.15) is 0 Å². The molecule has 10 heteroatoms. The lowest BCUT2D eigenvalue weighted by Crippen LogP contribution is -2.41. The van der Waals surface area contributed by atoms with Gasteiger partial charge < -0.3 is 19.6 Å². The molecule has 5 heterocycles. The molecule has 1 amide bonds. The molecule has 9 nitrogen and oxygen atoms in total. The van der Waals surface area contributed by atoms with Crippen LogP contribution in [0.5, 0.6) is 0 Å². The van der Waals surface area contributed by atoms with Gasteiger partial charge in [-0.3, -0.25) is 14.5 Å². The highest BCUT2D eigenvalue weighted by molar-refractivity contribution is 6.06. The molecule has 2 aliphatic rings. The Labute approximate surface area is 224 Å². The minimum Gasteiger partial charge on any atom is -0.392 e. The molecule has 200 valence electrons. The lowest BCUT2D eigenvalue weighted by Gasteiger charge is -2.31. The average Bonchev–Trinajstić information content (AvgIpc) is 3.40. The van der Waals surface area contributed by atoms with Crippen LogP contribution in [0, 0.1) is 11.2 Å². The highest BCUT2D eigenvalue weighted by atomic mass is 19.1. The Morgan fingerprint density at radius 1 is 1.10 bits per heavy atom. The molecule has 0 fully saturated rings. The molecule has 0 unspecified atom stereocenters. The number of halogens is 1. The summed E-state index contributed by atoms with van der Waals surface area (Å²) in [5.74, 6) is 0.0993. The molecule has 1 aliphatic carbocycles. The normalized spacial score (nSPS) is 15.8. The van der Waals surface area contributed by atoms with Crippen LogP contribution in [0.15, 0.2) is 53.7 Å². The number of fused-ring (bicyclic) bond motifs is 3. The number of hydrogen-bond donors (Lipinski definition) is 2. The maximum atomic E-state index is 13.7. The minimum absolute atomic E-state index is 0.141. The fraction of sp³-hybridized carbons (Fsp3) is 0.310. The number of aryl methyl sites for hydroxylation is 1. The third-order valence-electron chi connectivity index (χ3n) is 7.56. The van der Waals surface area contributed by atoms with Gasteiger partial charge in [0.05, 0.1) is 12.8 Å². The van der Waals surface area contributed by atoms with E-state index < -0.39 is 5.82 Å². The van der Waals surface area contributed by atoms with Crippen LogP contribution in [0.3, 0.4) is 0 Å². The summed E-state index contributed by atoms with van der Waals surface area (Å²) >= 11 is 0. The SMILES string of the molecule is Cn1cc(-c2ccnc(N3CCn4c(cc5c4CC(C)(C)C5)C3=O)c2CO)cc(Nc2ccc(F)cn2)c1=O. The van der Waals surface area contributed by atoms with Crippen LogP contribution >= 0.6 is 0 Å². The van der Waals surface area contributed by atoms with Crippen molar-refractivity contribution in [3.63, 3.8) is 0 Å². The van der Waals surface area contributed by atoms with Crippen LogP contribution in [0.4, 0.5) is 21.7 Å². The van der Waals surface area contributed by atoms with Crippen molar-refractivity contribution in [2.75, 3.05) is 16.8 Å². The lowest BCUT2D eigenvalue weighted by molar-refractivity contribution is 0.0962. The zero-order valence-corrected chi connectivity index (χ0v) is 22.0. The van der Waals surface area contributed by atoms with Gasteiger partial charge in [0.1, 0.15) is 28.8 Å². The van der Waals surface area contributed by atoms with Crippen molar-refractivity contribution in [3.05, 3.63) is 87.6 Å². The number of nitrogens with zero attached hydrogens (tertiary/aromatic N) is 5. The quantitative estimate of drug-likeness (QED) is 0.408. The van der Waals surface area contributed by atoms with Gasteiger partial charge in [-0.25, -0.2) is 14.4 Å². The van der Waals surface area contributed by atoms with Crippen molar-refractivity contribution in [1.82, 2.24) is 19.1 Å². The molecule has 4 aromatic heterocycles. The van der Waals surface area contributed by atoms with Crippen LogP contribution in [0.25, 0.3) is 11.1 Å². The predicted molar refractivity (Wildman–Crippen MR) is 146 cm³/mol. The van der Waals surface area contributed by atoms with Crippen LogP contribution in [0.1, 0.15) is 41.2 Å². The number of amides is 1. The van der Waals surface area contributed by atoms with Crippen molar-refractivity contribution in [2.24, 2.45) is 12.5 Å². The summed E-state index contributed by atoms with van der Waals surface area (Å²) in [5, 5.41) is 13.4. The number of aliphatic hydroxyl groups is 1. The minimum atomic E-state index is -0.480. The van der Waals surface area contributed by atoms with Crippen LogP contribution in [0.2, 0.25) is 0 Å². The summed E-state index contributed by atoms with van der Waals surface area (Å²) in [6, 6.07) is 8.11. The lowest BCUT2D eigenvalue weighted by atomic mass is 9.90. The van der Waals surface area contributed by atoms with Gasteiger partial charge in [-0.05, 0) is 59.7 Å². The Balaban J connectivity index is 1.37. The van der Waals surface area contributed by atoms with Crippen molar-refractivity contribution < 1.29 is 14.3 Å². The molecular weight excluding hydrogens is 499 g/mol. The zero-order valence-electron chi connectivity index (χ0n) is 22.0. The van der Waals surface area contributed by atoms with Crippen LogP contribution < -0.4 is 15.8 Å². The van der Waals surface area contributed by atoms with Crippen molar-refractivity contribution in [1.29, 1.82) is 0 Å². The Morgan fingerprint density at radius 2 is 1.92 bits per heavy atom. The number of anilines is 3. The second-order valence-electron chi connectivity index (χ2n) is 11.0. The Hall–Kier alpha value is -4.31. The van der Waals surface area contributed by atoms with Gasteiger partial charge in [0.2, 0.25) is 0 Å². The Bertz CT molecular complexity index is 1670. The van der Waals surface area contributed by atoms with E-state index >= 15 is 0 Å². The largest absolute Gasteiger partial charge is 0.392 e. The summed E-state index contributed by atoms with van der Waals surface area (Å²) in [6.45, 7) is 5.24. The number of carbonyl (C=O) groups excluding carboxylic acids is 1. The Morgan fingerprint density at radius 3 is 2.67 bits per heavy atom. The van der Waals surface area contributed by atoms with Crippen molar-refractivity contribution >= 4 is 23.2 Å². The second-order valence-corrected chi connectivity index (χ2v) is 11.0. The van der Waals surface area contributed by atoms with E-state index in [1.54, 1.807) is 36.5 Å². The number of pyridine rings is 3. The van der Waals surface area contributed by atoms with Gasteiger partial charge in [-0.1, -0.05) is 13.8 Å². The molecule has 0 spiro atoms. The number of nitrogens with one attached hydrogen (secondary N) is 1. The van der Waals surface area contributed by atoms with Crippen LogP contribution in [-0.2, 0) is 33.0 Å². The summed E-state index contributed by atoms with van der Waals surface area (Å²) in [7, 11) is 1.62. The van der Waals surface area contributed by atoms with E-state index in [0.717, 1.165) is 19.0 Å². The fourth-order valence-corrected chi connectivity index (χ4v) is 5.79. The summed E-state index contributed by atoms with van der Waals surface area (Å²) in [5.41, 5.74) is 5.04. The van der Waals surface area contributed by atoms with Gasteiger partial charge in [-0.15, -0.1) is 0 Å². The molecule has 0 bridgehead atoms. The first kappa shape index (κ1) is 25.0. The number of rotatable bonds is 5. The highest BCUT2D eigenvalue weighted by Crippen LogP contribution is 2.40. The zero-order chi connectivity index (χ0) is 27.5. The Kier molecular flexibility index (Phi) is 5.87. The van der Waals surface area contributed by atoms with Crippen molar-refractivity contribution in [2.45, 2.75) is 39.8 Å². The summed E-state index contributed by atoms with van der Waals surface area (Å²) < 4.78 is 16.9. The fourth-order valence-electron chi connectivity index (χ4n) is 5.79. The van der Waals surface area contributed by atoms with Crippen LogP contribution in [-0.4, -0.2) is 36.7 Å². The molecule has 0 radical (unpaired) electrons. The maximum absolute atomic E-state index is 13.7. The second kappa shape index (κ2) is 9.16. The predicted octanol–water partition coefficient (Wildman–Crippen LogP) is 3.80. The van der Waals surface area contributed by atoms with Gasteiger partial charge in [0.25, 0.3) is 11.5 Å². The smallest absolute Gasteiger partial charge is 0.276 e. The molecule has 4 aromatic rings. The molecular formula is C29H29FN6O3. The first-order valence-corrected chi connectivity index (χ1v) is 12.9. The molecule has 0 saturated carbocycles. The van der Waals surface area contributed by atoms with E-state index in [0.29, 0.717) is 47.1 Å². The van der Waals surface area contributed by atoms with Gasteiger partial charge in [0.15, 0.2) is 0 Å². The summed E-state index contributed by atoms with van der Waals surface area (Å²) in [4.78, 5) is 36.6. The van der Waals surface area contributed by atoms with E-state index in [4.69, 9.17) is 0 Å². The molecule has 0 saturated heterocycles. The molecule has 1 aliphatic heterocycles. The molecule has 0 aromatic carbocycles.